The van der Waals surface area contributed by atoms with Gasteiger partial charge in [0.1, 0.15) is 22.3 Å². The first-order valence-corrected chi connectivity index (χ1v) is 18.5. The minimum absolute atomic E-state index is 0.906. The Morgan fingerprint density at radius 3 is 1.24 bits per heavy atom. The molecule has 0 unspecified atom stereocenters. The van der Waals surface area contributed by atoms with E-state index >= 15 is 0 Å². The molecule has 0 saturated heterocycles. The van der Waals surface area contributed by atoms with Gasteiger partial charge in [0, 0.05) is 32.3 Å². The third-order valence-electron chi connectivity index (χ3n) is 11.4. The van der Waals surface area contributed by atoms with Crippen LogP contribution in [0.25, 0.3) is 120 Å². The number of fused-ring (bicyclic) bond motifs is 12. The van der Waals surface area contributed by atoms with E-state index in [2.05, 4.69) is 170 Å². The summed E-state index contributed by atoms with van der Waals surface area (Å²) in [7, 11) is 0. The molecule has 0 bridgehead atoms. The summed E-state index contributed by atoms with van der Waals surface area (Å²) in [6, 6.07) is 65.7. The number of benzene rings is 10. The monoisotopic (exact) mass is 686 g/mol. The van der Waals surface area contributed by atoms with Crippen molar-refractivity contribution < 1.29 is 8.83 Å². The second-order valence-corrected chi connectivity index (χ2v) is 14.3. The van der Waals surface area contributed by atoms with E-state index in [1.54, 1.807) is 0 Å². The molecule has 0 amide bonds. The van der Waals surface area contributed by atoms with E-state index in [0.29, 0.717) is 0 Å². The van der Waals surface area contributed by atoms with Gasteiger partial charge in [-0.3, -0.25) is 0 Å². The Bertz CT molecular complexity index is 3280. The summed E-state index contributed by atoms with van der Waals surface area (Å²) in [5.41, 5.74) is 10.9. The Morgan fingerprint density at radius 2 is 0.704 bits per heavy atom. The van der Waals surface area contributed by atoms with Crippen LogP contribution in [0, 0.1) is 0 Å². The van der Waals surface area contributed by atoms with Gasteiger partial charge in [-0.1, -0.05) is 152 Å². The molecule has 0 aliphatic rings. The van der Waals surface area contributed by atoms with Gasteiger partial charge < -0.3 is 8.83 Å². The molecule has 0 saturated carbocycles. The van der Waals surface area contributed by atoms with E-state index in [0.717, 1.165) is 43.9 Å². The predicted octanol–water partition coefficient (Wildman–Crippen LogP) is 15.1. The van der Waals surface area contributed by atoms with E-state index in [4.69, 9.17) is 8.83 Å². The second-order valence-electron chi connectivity index (χ2n) is 14.3. The smallest absolute Gasteiger partial charge is 0.136 e. The number of para-hydroxylation sites is 2. The zero-order valence-electron chi connectivity index (χ0n) is 29.1. The lowest BCUT2D eigenvalue weighted by Gasteiger charge is -2.19. The van der Waals surface area contributed by atoms with Crippen molar-refractivity contribution in [2.45, 2.75) is 0 Å². The molecule has 250 valence electrons. The van der Waals surface area contributed by atoms with Crippen molar-refractivity contribution in [3.63, 3.8) is 0 Å². The van der Waals surface area contributed by atoms with Gasteiger partial charge in [-0.2, -0.15) is 0 Å². The summed E-state index contributed by atoms with van der Waals surface area (Å²) >= 11 is 0. The third kappa shape index (κ3) is 4.11. The zero-order valence-corrected chi connectivity index (χ0v) is 29.1. The van der Waals surface area contributed by atoms with Crippen molar-refractivity contribution in [3.05, 3.63) is 182 Å². The molecule has 0 radical (unpaired) electrons. The van der Waals surface area contributed by atoms with Crippen LogP contribution in [-0.4, -0.2) is 0 Å². The molecule has 2 heterocycles. The highest BCUT2D eigenvalue weighted by atomic mass is 16.3. The minimum Gasteiger partial charge on any atom is -0.456 e. The number of furan rings is 2. The largest absolute Gasteiger partial charge is 0.456 e. The van der Waals surface area contributed by atoms with Crippen molar-refractivity contribution in [1.82, 2.24) is 0 Å². The Hall–Kier alpha value is -7.16. The zero-order chi connectivity index (χ0) is 35.3. The molecule has 2 heteroatoms. The molecule has 12 rings (SSSR count). The van der Waals surface area contributed by atoms with Gasteiger partial charge >= 0.3 is 0 Å². The van der Waals surface area contributed by atoms with Gasteiger partial charge in [-0.05, 0) is 96.0 Å². The normalized spacial score (nSPS) is 12.1. The molecule has 0 atom stereocenters. The van der Waals surface area contributed by atoms with Crippen LogP contribution < -0.4 is 0 Å². The molecule has 0 spiro atoms. The molecule has 12 aromatic rings. The minimum atomic E-state index is 0.906. The van der Waals surface area contributed by atoms with Gasteiger partial charge in [0.25, 0.3) is 0 Å². The van der Waals surface area contributed by atoms with E-state index < -0.39 is 0 Å². The SMILES string of the molecule is c1ccc(-c2c3cccc(-c4cccc5ccc6oc7ccccc7c6c45)c3cc3c(-c4cccc5ccc6oc7ccccc7c6c45)cccc23)cc1. The van der Waals surface area contributed by atoms with Crippen molar-refractivity contribution >= 4 is 87.0 Å². The first-order chi connectivity index (χ1) is 26.8. The van der Waals surface area contributed by atoms with Crippen molar-refractivity contribution in [2.24, 2.45) is 0 Å². The summed E-state index contributed by atoms with van der Waals surface area (Å²) in [6.45, 7) is 0. The number of hydrogen-bond donors (Lipinski definition) is 0. The van der Waals surface area contributed by atoms with Crippen LogP contribution >= 0.6 is 0 Å². The molecular formula is C52H30O2. The van der Waals surface area contributed by atoms with Crippen LogP contribution in [-0.2, 0) is 0 Å². The van der Waals surface area contributed by atoms with Crippen LogP contribution in [0.5, 0.6) is 0 Å². The lowest BCUT2D eigenvalue weighted by Crippen LogP contribution is -1.92. The fourth-order valence-corrected chi connectivity index (χ4v) is 9.19. The molecule has 0 aliphatic carbocycles. The lowest BCUT2D eigenvalue weighted by atomic mass is 9.84. The Kier molecular flexibility index (Phi) is 6.09. The maximum atomic E-state index is 6.42. The Labute approximate surface area is 310 Å². The van der Waals surface area contributed by atoms with E-state index in [1.807, 2.05) is 12.1 Å². The molecule has 0 N–H and O–H groups in total. The average Bonchev–Trinajstić information content (AvgIpc) is 3.81. The molecule has 2 aromatic heterocycles. The van der Waals surface area contributed by atoms with Gasteiger partial charge in [-0.15, -0.1) is 0 Å². The molecule has 10 aromatic carbocycles. The lowest BCUT2D eigenvalue weighted by molar-refractivity contribution is 0.669. The quantitative estimate of drug-likeness (QED) is 0.173. The van der Waals surface area contributed by atoms with Crippen LogP contribution in [0.15, 0.2) is 191 Å². The van der Waals surface area contributed by atoms with E-state index in [-0.39, 0.29) is 0 Å². The predicted molar refractivity (Wildman–Crippen MR) is 227 cm³/mol. The van der Waals surface area contributed by atoms with Crippen molar-refractivity contribution in [2.75, 3.05) is 0 Å². The van der Waals surface area contributed by atoms with E-state index in [1.165, 1.54) is 76.5 Å². The summed E-state index contributed by atoms with van der Waals surface area (Å²) < 4.78 is 12.8. The van der Waals surface area contributed by atoms with Crippen LogP contribution in [0.4, 0.5) is 0 Å². The van der Waals surface area contributed by atoms with Crippen molar-refractivity contribution in [3.8, 4) is 33.4 Å². The fourth-order valence-electron chi connectivity index (χ4n) is 9.19. The number of rotatable bonds is 3. The van der Waals surface area contributed by atoms with Crippen LogP contribution in [0.2, 0.25) is 0 Å². The Balaban J connectivity index is 1.24. The third-order valence-corrected chi connectivity index (χ3v) is 11.4. The maximum absolute atomic E-state index is 6.42. The first-order valence-electron chi connectivity index (χ1n) is 18.5. The van der Waals surface area contributed by atoms with Crippen molar-refractivity contribution in [1.29, 1.82) is 0 Å². The topological polar surface area (TPSA) is 26.3 Å². The highest BCUT2D eigenvalue weighted by molar-refractivity contribution is 6.28. The van der Waals surface area contributed by atoms with Gasteiger partial charge in [0.05, 0.1) is 0 Å². The summed E-state index contributed by atoms with van der Waals surface area (Å²) in [5, 5.41) is 14.3. The average molecular weight is 687 g/mol. The van der Waals surface area contributed by atoms with Gasteiger partial charge in [-0.25, -0.2) is 0 Å². The first kappa shape index (κ1) is 29.4. The van der Waals surface area contributed by atoms with Gasteiger partial charge in [0.2, 0.25) is 0 Å². The van der Waals surface area contributed by atoms with Gasteiger partial charge in [0.15, 0.2) is 0 Å². The van der Waals surface area contributed by atoms with Crippen LogP contribution in [0.1, 0.15) is 0 Å². The summed E-state index contributed by atoms with van der Waals surface area (Å²) in [4.78, 5) is 0. The standard InChI is InChI=1S/C52H30O2/c1-2-12-31(13-3-1)48-38-22-10-18-34(36-20-8-14-32-26-28-46-51(49(32)36)40-16-4-6-24-44(40)53-46)42(38)30-43-35(19-11-23-39(43)48)37-21-9-15-33-27-29-47-52(50(33)37)41-17-5-7-25-45(41)54-47/h1-30H. The molecule has 2 nitrogen and oxygen atoms in total. The summed E-state index contributed by atoms with van der Waals surface area (Å²) in [5.74, 6) is 0. The molecular weight excluding hydrogens is 657 g/mol. The van der Waals surface area contributed by atoms with Crippen LogP contribution in [0.3, 0.4) is 0 Å². The molecule has 0 fully saturated rings. The fraction of sp³-hybridized carbons (Fsp3) is 0. The maximum Gasteiger partial charge on any atom is 0.136 e. The highest BCUT2D eigenvalue weighted by Gasteiger charge is 2.21. The molecule has 0 aliphatic heterocycles. The number of hydrogen-bond acceptors (Lipinski definition) is 2. The van der Waals surface area contributed by atoms with E-state index in [9.17, 15) is 0 Å². The Morgan fingerprint density at radius 1 is 0.259 bits per heavy atom. The summed E-state index contributed by atoms with van der Waals surface area (Å²) in [6.07, 6.45) is 0. The highest BCUT2D eigenvalue weighted by Crippen LogP contribution is 2.47. The second kappa shape index (κ2) is 11.2. The molecule has 54 heavy (non-hydrogen) atoms.